The first-order valence-electron chi connectivity index (χ1n) is 8.05. The lowest BCUT2D eigenvalue weighted by molar-refractivity contribution is -0.0258. The van der Waals surface area contributed by atoms with Crippen LogP contribution in [0, 0.1) is 11.3 Å². The summed E-state index contributed by atoms with van der Waals surface area (Å²) in [6.07, 6.45) is 4.98. The highest BCUT2D eigenvalue weighted by molar-refractivity contribution is 5.51. The van der Waals surface area contributed by atoms with Gasteiger partial charge in [-0.2, -0.15) is 0 Å². The van der Waals surface area contributed by atoms with E-state index in [0.717, 1.165) is 24.7 Å². The molecule has 3 nitrogen and oxygen atoms in total. The van der Waals surface area contributed by atoms with Crippen LogP contribution in [0.2, 0.25) is 0 Å². The predicted octanol–water partition coefficient (Wildman–Crippen LogP) is 4.27. The molecule has 0 spiro atoms. The van der Waals surface area contributed by atoms with Crippen molar-refractivity contribution in [2.24, 2.45) is 11.3 Å². The summed E-state index contributed by atoms with van der Waals surface area (Å²) in [5, 5.41) is 0. The molecule has 1 saturated carbocycles. The highest BCUT2D eigenvalue weighted by atomic mass is 16.5. The molecule has 3 heteroatoms. The van der Waals surface area contributed by atoms with Crippen molar-refractivity contribution in [2.75, 3.05) is 18.9 Å². The van der Waals surface area contributed by atoms with Crippen LogP contribution in [0.5, 0.6) is 5.75 Å². The van der Waals surface area contributed by atoms with Crippen LogP contribution in [0.4, 0.5) is 5.69 Å². The molecule has 0 radical (unpaired) electrons. The quantitative estimate of drug-likeness (QED) is 0.629. The molecule has 0 heterocycles. The molecule has 0 aromatic heterocycles. The van der Waals surface area contributed by atoms with Crippen molar-refractivity contribution in [3.63, 3.8) is 0 Å². The van der Waals surface area contributed by atoms with E-state index in [4.69, 9.17) is 15.2 Å². The Bertz CT molecular complexity index is 445. The molecule has 21 heavy (non-hydrogen) atoms. The molecule has 2 N–H and O–H groups in total. The van der Waals surface area contributed by atoms with E-state index in [9.17, 15) is 0 Å². The van der Waals surface area contributed by atoms with Crippen LogP contribution in [0.25, 0.3) is 0 Å². The van der Waals surface area contributed by atoms with Crippen molar-refractivity contribution in [2.45, 2.75) is 52.6 Å². The zero-order chi connectivity index (χ0) is 15.3. The fraction of sp³-hybridized carbons (Fsp3) is 0.667. The maximum absolute atomic E-state index is 6.05. The van der Waals surface area contributed by atoms with Crippen molar-refractivity contribution in [1.29, 1.82) is 0 Å². The minimum Gasteiger partial charge on any atom is -0.491 e. The number of nitrogens with two attached hydrogens (primary N) is 1. The number of ether oxygens (including phenoxy) is 2. The van der Waals surface area contributed by atoms with Crippen LogP contribution in [-0.2, 0) is 4.74 Å². The number of anilines is 1. The molecular formula is C18H29NO2. The molecule has 0 saturated heterocycles. The first-order valence-corrected chi connectivity index (χ1v) is 8.05. The Balaban J connectivity index is 1.65. The lowest BCUT2D eigenvalue weighted by Gasteiger charge is -2.38. The molecule has 2 unspecified atom stereocenters. The SMILES string of the molecule is CC1CC(OCCCOc2ccccc2N)CC(C)(C)C1. The Morgan fingerprint density at radius 3 is 2.67 bits per heavy atom. The fourth-order valence-corrected chi connectivity index (χ4v) is 3.49. The van der Waals surface area contributed by atoms with Crippen molar-refractivity contribution in [3.8, 4) is 5.75 Å². The Morgan fingerprint density at radius 1 is 1.19 bits per heavy atom. The molecule has 118 valence electrons. The summed E-state index contributed by atoms with van der Waals surface area (Å²) in [6, 6.07) is 7.61. The number of benzene rings is 1. The molecule has 1 aliphatic carbocycles. The van der Waals surface area contributed by atoms with Gasteiger partial charge in [0, 0.05) is 6.42 Å². The zero-order valence-electron chi connectivity index (χ0n) is 13.6. The van der Waals surface area contributed by atoms with Crippen LogP contribution >= 0.6 is 0 Å². The standard InChI is InChI=1S/C18H29NO2/c1-14-11-15(13-18(2,3)12-14)20-9-6-10-21-17-8-5-4-7-16(17)19/h4-5,7-8,14-15H,6,9-13,19H2,1-3H3. The molecule has 1 aromatic carbocycles. The monoisotopic (exact) mass is 291 g/mol. The van der Waals surface area contributed by atoms with Gasteiger partial charge in [-0.05, 0) is 42.7 Å². The lowest BCUT2D eigenvalue weighted by atomic mass is 9.71. The second kappa shape index (κ2) is 7.17. The third-order valence-electron chi connectivity index (χ3n) is 4.17. The normalized spacial score (nSPS) is 24.7. The number of hydrogen-bond donors (Lipinski definition) is 1. The first kappa shape index (κ1) is 16.2. The van der Waals surface area contributed by atoms with Crippen LogP contribution in [0.3, 0.4) is 0 Å². The number of rotatable bonds is 6. The molecule has 2 atom stereocenters. The van der Waals surface area contributed by atoms with E-state index in [-0.39, 0.29) is 0 Å². The van der Waals surface area contributed by atoms with E-state index in [0.29, 0.717) is 23.8 Å². The average molecular weight is 291 g/mol. The maximum atomic E-state index is 6.05. The van der Waals surface area contributed by atoms with Crippen molar-refractivity contribution in [3.05, 3.63) is 24.3 Å². The topological polar surface area (TPSA) is 44.5 Å². The van der Waals surface area contributed by atoms with Gasteiger partial charge in [0.05, 0.1) is 25.0 Å². The second-order valence-electron chi connectivity index (χ2n) is 7.15. The molecule has 0 bridgehead atoms. The highest BCUT2D eigenvalue weighted by Crippen LogP contribution is 2.39. The van der Waals surface area contributed by atoms with E-state index in [2.05, 4.69) is 20.8 Å². The van der Waals surface area contributed by atoms with E-state index in [1.165, 1.54) is 19.3 Å². The third-order valence-corrected chi connectivity index (χ3v) is 4.17. The summed E-state index contributed by atoms with van der Waals surface area (Å²) < 4.78 is 11.7. The van der Waals surface area contributed by atoms with Gasteiger partial charge >= 0.3 is 0 Å². The lowest BCUT2D eigenvalue weighted by Crippen LogP contribution is -2.32. The van der Waals surface area contributed by atoms with E-state index in [1.807, 2.05) is 24.3 Å². The van der Waals surface area contributed by atoms with Gasteiger partial charge < -0.3 is 15.2 Å². The number of nitrogen functional groups attached to an aromatic ring is 1. The molecule has 0 amide bonds. The molecule has 1 fully saturated rings. The summed E-state index contributed by atoms with van der Waals surface area (Å²) in [5.41, 5.74) is 6.95. The van der Waals surface area contributed by atoms with Crippen molar-refractivity contribution < 1.29 is 9.47 Å². The maximum Gasteiger partial charge on any atom is 0.142 e. The van der Waals surface area contributed by atoms with Crippen molar-refractivity contribution >= 4 is 5.69 Å². The van der Waals surface area contributed by atoms with Gasteiger partial charge in [0.1, 0.15) is 5.75 Å². The largest absolute Gasteiger partial charge is 0.491 e. The Kier molecular flexibility index (Phi) is 5.51. The number of hydrogen-bond acceptors (Lipinski definition) is 3. The zero-order valence-corrected chi connectivity index (χ0v) is 13.6. The molecular weight excluding hydrogens is 262 g/mol. The van der Waals surface area contributed by atoms with E-state index >= 15 is 0 Å². The summed E-state index contributed by atoms with van der Waals surface area (Å²) in [4.78, 5) is 0. The molecule has 2 rings (SSSR count). The van der Waals surface area contributed by atoms with E-state index < -0.39 is 0 Å². The van der Waals surface area contributed by atoms with Gasteiger partial charge in [0.25, 0.3) is 0 Å². The third kappa shape index (κ3) is 5.24. The summed E-state index contributed by atoms with van der Waals surface area (Å²) >= 11 is 0. The van der Waals surface area contributed by atoms with Crippen LogP contribution in [0.15, 0.2) is 24.3 Å². The Morgan fingerprint density at radius 2 is 1.95 bits per heavy atom. The Hall–Kier alpha value is -1.22. The predicted molar refractivity (Wildman–Crippen MR) is 87.5 cm³/mol. The molecule has 1 aliphatic rings. The van der Waals surface area contributed by atoms with Crippen LogP contribution in [-0.4, -0.2) is 19.3 Å². The molecule has 0 aliphatic heterocycles. The molecule has 1 aromatic rings. The van der Waals surface area contributed by atoms with Gasteiger partial charge in [0.2, 0.25) is 0 Å². The summed E-state index contributed by atoms with van der Waals surface area (Å²) in [7, 11) is 0. The van der Waals surface area contributed by atoms with Gasteiger partial charge in [0.15, 0.2) is 0 Å². The number of para-hydroxylation sites is 2. The minimum atomic E-state index is 0.408. The Labute approximate surface area is 128 Å². The smallest absolute Gasteiger partial charge is 0.142 e. The highest BCUT2D eigenvalue weighted by Gasteiger charge is 2.32. The minimum absolute atomic E-state index is 0.408. The summed E-state index contributed by atoms with van der Waals surface area (Å²) in [5.74, 6) is 1.53. The van der Waals surface area contributed by atoms with Crippen LogP contribution in [0.1, 0.15) is 46.5 Å². The van der Waals surface area contributed by atoms with Crippen molar-refractivity contribution in [1.82, 2.24) is 0 Å². The van der Waals surface area contributed by atoms with Gasteiger partial charge in [-0.1, -0.05) is 32.9 Å². The first-order chi connectivity index (χ1) is 9.96. The van der Waals surface area contributed by atoms with Gasteiger partial charge in [-0.25, -0.2) is 0 Å². The van der Waals surface area contributed by atoms with Gasteiger partial charge in [-0.15, -0.1) is 0 Å². The van der Waals surface area contributed by atoms with Crippen LogP contribution < -0.4 is 10.5 Å². The van der Waals surface area contributed by atoms with E-state index in [1.54, 1.807) is 0 Å². The summed E-state index contributed by atoms with van der Waals surface area (Å²) in [6.45, 7) is 8.44. The van der Waals surface area contributed by atoms with Gasteiger partial charge in [-0.3, -0.25) is 0 Å². The average Bonchev–Trinajstić information content (AvgIpc) is 2.38. The second-order valence-corrected chi connectivity index (χ2v) is 7.15. The fourth-order valence-electron chi connectivity index (χ4n) is 3.49.